The van der Waals surface area contributed by atoms with Crippen molar-refractivity contribution >= 4 is 8.32 Å². The minimum Gasteiger partial charge on any atom is -0.414 e. The van der Waals surface area contributed by atoms with Gasteiger partial charge in [0.05, 0.1) is 12.7 Å². The zero-order valence-electron chi connectivity index (χ0n) is 11.5. The third-order valence-electron chi connectivity index (χ3n) is 4.38. The molecule has 0 unspecified atom stereocenters. The summed E-state index contributed by atoms with van der Waals surface area (Å²) in [6, 6.07) is 0. The van der Waals surface area contributed by atoms with E-state index in [1.807, 2.05) is 6.08 Å². The molecular weight excluding hydrogens is 232 g/mol. The van der Waals surface area contributed by atoms with Gasteiger partial charge in [0.15, 0.2) is 8.32 Å². The molecule has 17 heavy (non-hydrogen) atoms. The first-order valence-electron chi connectivity index (χ1n) is 6.34. The fraction of sp³-hybridized carbons (Fsp3) is 0.846. The van der Waals surface area contributed by atoms with Crippen molar-refractivity contribution in [3.63, 3.8) is 0 Å². The van der Waals surface area contributed by atoms with Crippen LogP contribution in [0.1, 0.15) is 27.2 Å². The van der Waals surface area contributed by atoms with Gasteiger partial charge in [-0.05, 0) is 18.1 Å². The molecule has 2 heterocycles. The molecule has 3 atom stereocenters. The van der Waals surface area contributed by atoms with Gasteiger partial charge in [0.2, 0.25) is 0 Å². The molecule has 2 bridgehead atoms. The number of ether oxygens (including phenoxy) is 1. The van der Waals surface area contributed by atoms with E-state index in [1.165, 1.54) is 0 Å². The van der Waals surface area contributed by atoms with Crippen molar-refractivity contribution in [2.45, 2.75) is 63.1 Å². The quantitative estimate of drug-likeness (QED) is 0.623. The summed E-state index contributed by atoms with van der Waals surface area (Å²) in [4.78, 5) is 0. The molecule has 0 aromatic heterocycles. The van der Waals surface area contributed by atoms with Crippen molar-refractivity contribution in [3.8, 4) is 0 Å². The van der Waals surface area contributed by atoms with Crippen LogP contribution < -0.4 is 0 Å². The monoisotopic (exact) mass is 256 g/mol. The van der Waals surface area contributed by atoms with Gasteiger partial charge in [-0.1, -0.05) is 32.9 Å². The maximum absolute atomic E-state index is 9.75. The molecule has 98 valence electrons. The highest BCUT2D eigenvalue weighted by Crippen LogP contribution is 2.42. The van der Waals surface area contributed by atoms with Gasteiger partial charge < -0.3 is 14.3 Å². The summed E-state index contributed by atoms with van der Waals surface area (Å²) in [7, 11) is -1.73. The Morgan fingerprint density at radius 1 is 1.47 bits per heavy atom. The summed E-state index contributed by atoms with van der Waals surface area (Å²) in [5.41, 5.74) is -0.362. The number of fused-ring (bicyclic) bond motifs is 2. The van der Waals surface area contributed by atoms with E-state index in [9.17, 15) is 5.11 Å². The molecule has 1 fully saturated rings. The average molecular weight is 256 g/mol. The zero-order chi connectivity index (χ0) is 12.9. The second-order valence-corrected chi connectivity index (χ2v) is 11.6. The Morgan fingerprint density at radius 2 is 2.12 bits per heavy atom. The standard InChI is InChI=1S/C13H24O3Si/c1-12(2,3)17(4,5)15-9-13-7-6-11(16-13)10(14)8-13/h6-7,10-11,14H,8-9H2,1-5H3/t10-,11-,13+/m1/s1. The molecule has 0 saturated carbocycles. The highest BCUT2D eigenvalue weighted by molar-refractivity contribution is 6.74. The van der Waals surface area contributed by atoms with E-state index in [2.05, 4.69) is 39.9 Å². The molecule has 3 nitrogen and oxygen atoms in total. The van der Waals surface area contributed by atoms with Gasteiger partial charge in [0, 0.05) is 6.42 Å². The summed E-state index contributed by atoms with van der Waals surface area (Å²) >= 11 is 0. The van der Waals surface area contributed by atoms with Crippen molar-refractivity contribution in [1.82, 2.24) is 0 Å². The van der Waals surface area contributed by atoms with Crippen LogP contribution in [-0.2, 0) is 9.16 Å². The lowest BCUT2D eigenvalue weighted by Crippen LogP contribution is -2.45. The fourth-order valence-electron chi connectivity index (χ4n) is 2.07. The minimum absolute atomic E-state index is 0.113. The van der Waals surface area contributed by atoms with E-state index in [4.69, 9.17) is 9.16 Å². The number of rotatable bonds is 3. The van der Waals surface area contributed by atoms with Crippen LogP contribution in [0.15, 0.2) is 12.2 Å². The van der Waals surface area contributed by atoms with Gasteiger partial charge >= 0.3 is 0 Å². The van der Waals surface area contributed by atoms with Crippen LogP contribution in [0.4, 0.5) is 0 Å². The van der Waals surface area contributed by atoms with Gasteiger partial charge in [-0.2, -0.15) is 0 Å². The maximum Gasteiger partial charge on any atom is 0.192 e. The van der Waals surface area contributed by atoms with E-state index in [1.54, 1.807) is 0 Å². The van der Waals surface area contributed by atoms with Crippen LogP contribution in [0.5, 0.6) is 0 Å². The summed E-state index contributed by atoms with van der Waals surface area (Å²) in [6.45, 7) is 11.8. The summed E-state index contributed by atoms with van der Waals surface area (Å²) in [5.74, 6) is 0. The molecule has 0 aliphatic carbocycles. The van der Waals surface area contributed by atoms with Gasteiger partial charge in [-0.25, -0.2) is 0 Å². The average Bonchev–Trinajstić information content (AvgIpc) is 2.71. The predicted octanol–water partition coefficient (Wildman–Crippen LogP) is 2.47. The Morgan fingerprint density at radius 3 is 2.53 bits per heavy atom. The van der Waals surface area contributed by atoms with Crippen molar-refractivity contribution in [2.24, 2.45) is 0 Å². The van der Waals surface area contributed by atoms with Crippen LogP contribution in [0, 0.1) is 0 Å². The highest BCUT2D eigenvalue weighted by Gasteiger charge is 2.49. The lowest BCUT2D eigenvalue weighted by Gasteiger charge is -2.38. The number of hydrogen-bond acceptors (Lipinski definition) is 3. The first-order chi connectivity index (χ1) is 7.65. The lowest BCUT2D eigenvalue weighted by molar-refractivity contribution is -0.0120. The van der Waals surface area contributed by atoms with E-state index in [0.29, 0.717) is 13.0 Å². The number of hydrogen-bond donors (Lipinski definition) is 1. The van der Waals surface area contributed by atoms with Crippen molar-refractivity contribution in [1.29, 1.82) is 0 Å². The Bertz CT molecular complexity index is 332. The molecule has 0 radical (unpaired) electrons. The topological polar surface area (TPSA) is 38.7 Å². The van der Waals surface area contributed by atoms with Gasteiger partial charge in [0.1, 0.15) is 11.7 Å². The highest BCUT2D eigenvalue weighted by atomic mass is 28.4. The largest absolute Gasteiger partial charge is 0.414 e. The first kappa shape index (κ1) is 13.3. The third kappa shape index (κ3) is 2.36. The van der Waals surface area contributed by atoms with Crippen LogP contribution in [0.25, 0.3) is 0 Å². The molecular formula is C13H24O3Si. The molecule has 0 aromatic rings. The Hall–Kier alpha value is -0.163. The SMILES string of the molecule is CC(C)(C)[Si](C)(C)OC[C@@]12C=C[C@@H](O1)[C@H](O)C2. The Balaban J connectivity index is 1.98. The van der Waals surface area contributed by atoms with E-state index in [-0.39, 0.29) is 22.8 Å². The van der Waals surface area contributed by atoms with Crippen LogP contribution in [0.3, 0.4) is 0 Å². The van der Waals surface area contributed by atoms with E-state index < -0.39 is 8.32 Å². The van der Waals surface area contributed by atoms with Crippen LogP contribution >= 0.6 is 0 Å². The second kappa shape index (κ2) is 3.92. The smallest absolute Gasteiger partial charge is 0.192 e. The number of aliphatic hydroxyl groups is 1. The molecule has 0 amide bonds. The molecule has 2 aliphatic rings. The molecule has 2 aliphatic heterocycles. The minimum atomic E-state index is -1.73. The molecule has 0 aromatic carbocycles. The van der Waals surface area contributed by atoms with Crippen LogP contribution in [0.2, 0.25) is 18.1 Å². The van der Waals surface area contributed by atoms with E-state index >= 15 is 0 Å². The normalized spacial score (nSPS) is 36.8. The zero-order valence-corrected chi connectivity index (χ0v) is 12.5. The van der Waals surface area contributed by atoms with Gasteiger partial charge in [-0.3, -0.25) is 0 Å². The Kier molecular flexibility index (Phi) is 3.06. The number of aliphatic hydroxyl groups excluding tert-OH is 1. The van der Waals surface area contributed by atoms with Gasteiger partial charge in [0.25, 0.3) is 0 Å². The first-order valence-corrected chi connectivity index (χ1v) is 9.25. The van der Waals surface area contributed by atoms with Gasteiger partial charge in [-0.15, -0.1) is 0 Å². The van der Waals surface area contributed by atoms with Crippen molar-refractivity contribution in [3.05, 3.63) is 12.2 Å². The molecule has 1 N–H and O–H groups in total. The summed E-state index contributed by atoms with van der Waals surface area (Å²) < 4.78 is 12.0. The predicted molar refractivity (Wildman–Crippen MR) is 70.5 cm³/mol. The molecule has 0 spiro atoms. The molecule has 1 saturated heterocycles. The Labute approximate surface area is 105 Å². The third-order valence-corrected chi connectivity index (χ3v) is 8.86. The van der Waals surface area contributed by atoms with Crippen LogP contribution in [-0.4, -0.2) is 37.8 Å². The molecule has 4 heteroatoms. The fourth-order valence-corrected chi connectivity index (χ4v) is 3.11. The van der Waals surface area contributed by atoms with Crippen molar-refractivity contribution in [2.75, 3.05) is 6.61 Å². The lowest BCUT2D eigenvalue weighted by atomic mass is 9.94. The molecule has 2 rings (SSSR count). The van der Waals surface area contributed by atoms with E-state index in [0.717, 1.165) is 0 Å². The second-order valence-electron chi connectivity index (χ2n) is 6.83. The summed E-state index contributed by atoms with van der Waals surface area (Å²) in [5, 5.41) is 9.96. The van der Waals surface area contributed by atoms with Crippen molar-refractivity contribution < 1.29 is 14.3 Å². The maximum atomic E-state index is 9.75. The summed E-state index contributed by atoms with van der Waals surface area (Å²) in [6.07, 6.45) is 4.23.